The molecular formula is C17H13FN4O2. The number of nitrogens with one attached hydrogen (secondary N) is 1. The van der Waals surface area contributed by atoms with Crippen LogP contribution in [0.2, 0.25) is 0 Å². The standard InChI is InChI=1S/C17H13FN4O2/c18-14-6-2-5-13-15(14)19-10-20-16(13)21-11-3-1-4-12(9-11)22-7-8-24-17(22)23/h1-6,9-10H,7-8H2,(H,19,20,21). The summed E-state index contributed by atoms with van der Waals surface area (Å²) < 4.78 is 18.8. The predicted octanol–water partition coefficient (Wildman–Crippen LogP) is 3.47. The molecule has 1 saturated heterocycles. The molecule has 2 aromatic carbocycles. The maximum atomic E-state index is 13.8. The van der Waals surface area contributed by atoms with Gasteiger partial charge < -0.3 is 10.1 Å². The number of nitrogens with zero attached hydrogens (tertiary/aromatic N) is 3. The van der Waals surface area contributed by atoms with E-state index in [0.29, 0.717) is 24.4 Å². The summed E-state index contributed by atoms with van der Waals surface area (Å²) in [7, 11) is 0. The second-order valence-corrected chi connectivity index (χ2v) is 5.30. The van der Waals surface area contributed by atoms with Gasteiger partial charge in [-0.25, -0.2) is 19.2 Å². The van der Waals surface area contributed by atoms with Crippen LogP contribution >= 0.6 is 0 Å². The van der Waals surface area contributed by atoms with Gasteiger partial charge >= 0.3 is 6.09 Å². The minimum Gasteiger partial charge on any atom is -0.447 e. The van der Waals surface area contributed by atoms with E-state index >= 15 is 0 Å². The Morgan fingerprint density at radius 3 is 2.88 bits per heavy atom. The van der Waals surface area contributed by atoms with Gasteiger partial charge in [-0.05, 0) is 30.3 Å². The van der Waals surface area contributed by atoms with Crippen molar-refractivity contribution in [3.05, 3.63) is 54.6 Å². The molecule has 6 nitrogen and oxygen atoms in total. The maximum absolute atomic E-state index is 13.8. The third-order valence-corrected chi connectivity index (χ3v) is 3.80. The molecule has 0 saturated carbocycles. The van der Waals surface area contributed by atoms with Crippen LogP contribution in [0.4, 0.5) is 26.4 Å². The molecule has 1 aliphatic rings. The molecule has 7 heteroatoms. The number of benzene rings is 2. The van der Waals surface area contributed by atoms with E-state index in [9.17, 15) is 9.18 Å². The monoisotopic (exact) mass is 324 g/mol. The first-order valence-electron chi connectivity index (χ1n) is 7.43. The minimum atomic E-state index is -0.397. The number of aromatic nitrogens is 2. The maximum Gasteiger partial charge on any atom is 0.414 e. The van der Waals surface area contributed by atoms with Gasteiger partial charge in [0.15, 0.2) is 0 Å². The summed E-state index contributed by atoms with van der Waals surface area (Å²) in [5.74, 6) is 0.104. The van der Waals surface area contributed by atoms with Crippen molar-refractivity contribution >= 4 is 34.2 Å². The van der Waals surface area contributed by atoms with Crippen molar-refractivity contribution < 1.29 is 13.9 Å². The SMILES string of the molecule is O=C1OCCN1c1cccc(Nc2ncnc3c(F)cccc23)c1. The number of para-hydroxylation sites is 1. The molecule has 1 N–H and O–H groups in total. The summed E-state index contributed by atoms with van der Waals surface area (Å²) in [5.41, 5.74) is 1.72. The third kappa shape index (κ3) is 2.50. The van der Waals surface area contributed by atoms with E-state index in [1.54, 1.807) is 17.0 Å². The zero-order valence-corrected chi connectivity index (χ0v) is 12.6. The smallest absolute Gasteiger partial charge is 0.414 e. The average Bonchev–Trinajstić information content (AvgIpc) is 3.02. The number of anilines is 3. The highest BCUT2D eigenvalue weighted by Crippen LogP contribution is 2.27. The number of amides is 1. The van der Waals surface area contributed by atoms with Crippen LogP contribution in [-0.2, 0) is 4.74 Å². The molecule has 1 amide bonds. The van der Waals surface area contributed by atoms with Crippen molar-refractivity contribution in [2.75, 3.05) is 23.4 Å². The Kier molecular flexibility index (Phi) is 3.45. The molecule has 0 bridgehead atoms. The molecule has 1 fully saturated rings. The van der Waals surface area contributed by atoms with E-state index in [1.807, 2.05) is 24.3 Å². The van der Waals surface area contributed by atoms with Gasteiger partial charge in [0.2, 0.25) is 0 Å². The van der Waals surface area contributed by atoms with Crippen LogP contribution < -0.4 is 10.2 Å². The molecule has 3 aromatic rings. The van der Waals surface area contributed by atoms with Gasteiger partial charge in [0.25, 0.3) is 0 Å². The first-order chi connectivity index (χ1) is 11.7. The normalized spacial score (nSPS) is 14.0. The number of halogens is 1. The minimum absolute atomic E-state index is 0.259. The van der Waals surface area contributed by atoms with Crippen molar-refractivity contribution in [2.24, 2.45) is 0 Å². The van der Waals surface area contributed by atoms with Gasteiger partial charge in [0.05, 0.1) is 6.54 Å². The van der Waals surface area contributed by atoms with Crippen LogP contribution in [0, 0.1) is 5.82 Å². The molecule has 0 spiro atoms. The Morgan fingerprint density at radius 2 is 2.04 bits per heavy atom. The summed E-state index contributed by atoms with van der Waals surface area (Å²) in [6.45, 7) is 0.899. The molecular weight excluding hydrogens is 311 g/mol. The Labute approximate surface area is 136 Å². The second kappa shape index (κ2) is 5.77. The van der Waals surface area contributed by atoms with Crippen LogP contribution in [0.1, 0.15) is 0 Å². The van der Waals surface area contributed by atoms with Crippen molar-refractivity contribution in [1.29, 1.82) is 0 Å². The number of ether oxygens (including phenoxy) is 1. The highest BCUT2D eigenvalue weighted by molar-refractivity contribution is 5.92. The lowest BCUT2D eigenvalue weighted by molar-refractivity contribution is 0.181. The van der Waals surface area contributed by atoms with Gasteiger partial charge in [-0.15, -0.1) is 0 Å². The highest BCUT2D eigenvalue weighted by Gasteiger charge is 2.23. The predicted molar refractivity (Wildman–Crippen MR) is 87.9 cm³/mol. The van der Waals surface area contributed by atoms with Gasteiger partial charge in [0, 0.05) is 16.8 Å². The lowest BCUT2D eigenvalue weighted by Crippen LogP contribution is -2.23. The quantitative estimate of drug-likeness (QED) is 0.799. The van der Waals surface area contributed by atoms with Gasteiger partial charge in [0.1, 0.15) is 30.1 Å². The Hall–Kier alpha value is -3.22. The number of fused-ring (bicyclic) bond motifs is 1. The van der Waals surface area contributed by atoms with Crippen molar-refractivity contribution in [3.8, 4) is 0 Å². The number of hydrogen-bond acceptors (Lipinski definition) is 5. The summed E-state index contributed by atoms with van der Waals surface area (Å²) in [5, 5.41) is 3.74. The molecule has 0 atom stereocenters. The second-order valence-electron chi connectivity index (χ2n) is 5.30. The number of carbonyl (C=O) groups excluding carboxylic acids is 1. The Balaban J connectivity index is 1.69. The van der Waals surface area contributed by atoms with E-state index < -0.39 is 5.82 Å². The van der Waals surface area contributed by atoms with Crippen molar-refractivity contribution in [2.45, 2.75) is 0 Å². The first-order valence-corrected chi connectivity index (χ1v) is 7.43. The van der Waals surface area contributed by atoms with Crippen LogP contribution in [0.5, 0.6) is 0 Å². The van der Waals surface area contributed by atoms with Gasteiger partial charge in [-0.3, -0.25) is 4.90 Å². The Bertz CT molecular complexity index is 931. The zero-order chi connectivity index (χ0) is 16.5. The first kappa shape index (κ1) is 14.4. The molecule has 4 rings (SSSR count). The zero-order valence-electron chi connectivity index (χ0n) is 12.6. The van der Waals surface area contributed by atoms with E-state index in [0.717, 1.165) is 11.4 Å². The molecule has 120 valence electrons. The van der Waals surface area contributed by atoms with E-state index in [1.165, 1.54) is 12.4 Å². The Morgan fingerprint density at radius 1 is 1.17 bits per heavy atom. The molecule has 0 unspecified atom stereocenters. The lowest BCUT2D eigenvalue weighted by Gasteiger charge is -2.15. The summed E-state index contributed by atoms with van der Waals surface area (Å²) in [4.78, 5) is 21.4. The van der Waals surface area contributed by atoms with Crippen molar-refractivity contribution in [1.82, 2.24) is 9.97 Å². The number of hydrogen-bond donors (Lipinski definition) is 1. The molecule has 24 heavy (non-hydrogen) atoms. The summed E-state index contributed by atoms with van der Waals surface area (Å²) >= 11 is 0. The fourth-order valence-electron chi connectivity index (χ4n) is 2.67. The van der Waals surface area contributed by atoms with Crippen LogP contribution in [-0.4, -0.2) is 29.2 Å². The van der Waals surface area contributed by atoms with Gasteiger partial charge in [-0.2, -0.15) is 0 Å². The fraction of sp³-hybridized carbons (Fsp3) is 0.118. The molecule has 2 heterocycles. The summed E-state index contributed by atoms with van der Waals surface area (Å²) in [6, 6.07) is 12.0. The number of cyclic esters (lactones) is 1. The van der Waals surface area contributed by atoms with Crippen LogP contribution in [0.3, 0.4) is 0 Å². The van der Waals surface area contributed by atoms with E-state index in [-0.39, 0.29) is 11.6 Å². The van der Waals surface area contributed by atoms with Gasteiger partial charge in [-0.1, -0.05) is 12.1 Å². The van der Waals surface area contributed by atoms with Crippen molar-refractivity contribution in [3.63, 3.8) is 0 Å². The molecule has 0 radical (unpaired) electrons. The average molecular weight is 324 g/mol. The fourth-order valence-corrected chi connectivity index (χ4v) is 2.67. The molecule has 1 aliphatic heterocycles. The van der Waals surface area contributed by atoms with E-state index in [2.05, 4.69) is 15.3 Å². The molecule has 0 aliphatic carbocycles. The number of rotatable bonds is 3. The number of carbonyl (C=O) groups is 1. The largest absolute Gasteiger partial charge is 0.447 e. The van der Waals surface area contributed by atoms with Crippen LogP contribution in [0.15, 0.2) is 48.8 Å². The highest BCUT2D eigenvalue weighted by atomic mass is 19.1. The van der Waals surface area contributed by atoms with Crippen LogP contribution in [0.25, 0.3) is 10.9 Å². The molecule has 1 aromatic heterocycles. The summed E-state index contributed by atoms with van der Waals surface area (Å²) in [6.07, 6.45) is 0.955. The lowest BCUT2D eigenvalue weighted by atomic mass is 10.2. The van der Waals surface area contributed by atoms with E-state index in [4.69, 9.17) is 4.74 Å². The third-order valence-electron chi connectivity index (χ3n) is 3.80. The topological polar surface area (TPSA) is 67.3 Å².